The van der Waals surface area contributed by atoms with E-state index in [2.05, 4.69) is 33.0 Å². The molecule has 1 aliphatic heterocycles. The lowest BCUT2D eigenvalue weighted by molar-refractivity contribution is -0.151. The van der Waals surface area contributed by atoms with Crippen molar-refractivity contribution >= 4 is 5.97 Å². The summed E-state index contributed by atoms with van der Waals surface area (Å²) in [5.74, 6) is 0.652. The van der Waals surface area contributed by atoms with E-state index < -0.39 is 0 Å². The van der Waals surface area contributed by atoms with Crippen molar-refractivity contribution in [3.8, 4) is 0 Å². The summed E-state index contributed by atoms with van der Waals surface area (Å²) in [5, 5.41) is 3.48. The Hall–Kier alpha value is -0.570. The van der Waals surface area contributed by atoms with Crippen LogP contribution < -0.4 is 5.32 Å². The van der Waals surface area contributed by atoms with E-state index in [0.29, 0.717) is 23.9 Å². The van der Waals surface area contributed by atoms with Gasteiger partial charge in [0.15, 0.2) is 0 Å². The molecule has 1 unspecified atom stereocenters. The molecular weight excluding hydrogens is 178 g/mol. The number of piperidine rings is 1. The van der Waals surface area contributed by atoms with Crippen LogP contribution in [0.2, 0.25) is 0 Å². The molecule has 0 radical (unpaired) electrons. The van der Waals surface area contributed by atoms with Crippen molar-refractivity contribution < 1.29 is 9.53 Å². The molecule has 1 N–H and O–H groups in total. The van der Waals surface area contributed by atoms with Crippen LogP contribution >= 0.6 is 0 Å². The predicted molar refractivity (Wildman–Crippen MR) is 55.9 cm³/mol. The largest absolute Gasteiger partial charge is 0.469 e. The summed E-state index contributed by atoms with van der Waals surface area (Å²) in [6.07, 6.45) is 0. The van der Waals surface area contributed by atoms with Gasteiger partial charge in [0, 0.05) is 12.1 Å². The third-order valence-corrected chi connectivity index (χ3v) is 3.71. The van der Waals surface area contributed by atoms with E-state index in [4.69, 9.17) is 4.74 Å². The second kappa shape index (κ2) is 4.30. The third kappa shape index (κ3) is 1.92. The van der Waals surface area contributed by atoms with Crippen molar-refractivity contribution in [3.05, 3.63) is 0 Å². The highest BCUT2D eigenvalue weighted by Gasteiger charge is 2.41. The number of hydrogen-bond donors (Lipinski definition) is 1. The van der Waals surface area contributed by atoms with Crippen LogP contribution in [-0.4, -0.2) is 25.2 Å². The maximum absolute atomic E-state index is 11.6. The van der Waals surface area contributed by atoms with Gasteiger partial charge in [0.05, 0.1) is 13.0 Å². The fourth-order valence-corrected chi connectivity index (χ4v) is 2.38. The van der Waals surface area contributed by atoms with Crippen molar-refractivity contribution in [1.82, 2.24) is 5.32 Å². The van der Waals surface area contributed by atoms with Gasteiger partial charge < -0.3 is 10.1 Å². The Labute approximate surface area is 86.2 Å². The molecule has 0 aliphatic carbocycles. The van der Waals surface area contributed by atoms with E-state index in [9.17, 15) is 4.79 Å². The lowest BCUT2D eigenvalue weighted by Gasteiger charge is -2.42. The van der Waals surface area contributed by atoms with E-state index in [0.717, 1.165) is 0 Å². The first-order chi connectivity index (χ1) is 6.49. The molecule has 1 rings (SSSR count). The molecule has 5 atom stereocenters. The molecule has 82 valence electrons. The highest BCUT2D eigenvalue weighted by atomic mass is 16.5. The molecule has 14 heavy (non-hydrogen) atoms. The molecule has 0 aromatic rings. The zero-order valence-electron chi connectivity index (χ0n) is 9.70. The highest BCUT2D eigenvalue weighted by Crippen LogP contribution is 2.32. The number of nitrogens with one attached hydrogen (secondary N) is 1. The highest BCUT2D eigenvalue weighted by molar-refractivity contribution is 5.73. The molecule has 3 nitrogen and oxygen atoms in total. The molecule has 1 aliphatic rings. The van der Waals surface area contributed by atoms with Crippen molar-refractivity contribution in [2.75, 3.05) is 7.11 Å². The van der Waals surface area contributed by atoms with Crippen molar-refractivity contribution in [2.24, 2.45) is 17.8 Å². The van der Waals surface area contributed by atoms with Gasteiger partial charge in [-0.25, -0.2) is 0 Å². The summed E-state index contributed by atoms with van der Waals surface area (Å²) in [6, 6.07) is 0.760. The minimum Gasteiger partial charge on any atom is -0.469 e. The molecule has 1 heterocycles. The summed E-state index contributed by atoms with van der Waals surface area (Å²) < 4.78 is 4.86. The standard InChI is InChI=1S/C11H21NO2/c1-6-8(3)12-9(4)7(2)10(6)11(13)14-5/h6-10,12H,1-5H3/t6-,7+,8-,9-,10?/m0/s1. The molecule has 1 saturated heterocycles. The fourth-order valence-electron chi connectivity index (χ4n) is 2.38. The molecule has 0 bridgehead atoms. The van der Waals surface area contributed by atoms with E-state index in [1.807, 2.05) is 0 Å². The lowest BCUT2D eigenvalue weighted by Crippen LogP contribution is -2.55. The Morgan fingerprint density at radius 1 is 1.07 bits per heavy atom. The van der Waals surface area contributed by atoms with Gasteiger partial charge in [-0.15, -0.1) is 0 Å². The summed E-state index contributed by atoms with van der Waals surface area (Å²) in [6.45, 7) is 8.48. The van der Waals surface area contributed by atoms with Gasteiger partial charge in [0.1, 0.15) is 0 Å². The summed E-state index contributed by atoms with van der Waals surface area (Å²) >= 11 is 0. The molecule has 0 spiro atoms. The Morgan fingerprint density at radius 3 is 1.86 bits per heavy atom. The average molecular weight is 199 g/mol. The number of ether oxygens (including phenoxy) is 1. The maximum Gasteiger partial charge on any atom is 0.309 e. The SMILES string of the molecule is COC(=O)C1[C@@H](C)[C@H](C)N[C@@H](C)[C@H]1C. The van der Waals surface area contributed by atoms with Gasteiger partial charge in [0.25, 0.3) is 0 Å². The van der Waals surface area contributed by atoms with Gasteiger partial charge >= 0.3 is 5.97 Å². The Balaban J connectivity index is 2.82. The van der Waals surface area contributed by atoms with Crippen molar-refractivity contribution in [1.29, 1.82) is 0 Å². The van der Waals surface area contributed by atoms with Crippen LogP contribution in [0.15, 0.2) is 0 Å². The Bertz CT molecular complexity index is 203. The van der Waals surface area contributed by atoms with Crippen LogP contribution in [-0.2, 0) is 9.53 Å². The second-order valence-corrected chi connectivity index (χ2v) is 4.51. The second-order valence-electron chi connectivity index (χ2n) is 4.51. The fraction of sp³-hybridized carbons (Fsp3) is 0.909. The van der Waals surface area contributed by atoms with Crippen LogP contribution in [0.25, 0.3) is 0 Å². The van der Waals surface area contributed by atoms with Crippen LogP contribution in [0.4, 0.5) is 0 Å². The van der Waals surface area contributed by atoms with E-state index in [1.165, 1.54) is 7.11 Å². The molecule has 1 fully saturated rings. The minimum atomic E-state index is -0.0646. The van der Waals surface area contributed by atoms with Gasteiger partial charge in [0.2, 0.25) is 0 Å². The third-order valence-electron chi connectivity index (χ3n) is 3.71. The van der Waals surface area contributed by atoms with Gasteiger partial charge in [-0.05, 0) is 25.7 Å². The van der Waals surface area contributed by atoms with Crippen molar-refractivity contribution in [2.45, 2.75) is 39.8 Å². The van der Waals surface area contributed by atoms with Crippen LogP contribution in [0.1, 0.15) is 27.7 Å². The van der Waals surface area contributed by atoms with Gasteiger partial charge in [-0.1, -0.05) is 13.8 Å². The Morgan fingerprint density at radius 2 is 1.50 bits per heavy atom. The van der Waals surface area contributed by atoms with E-state index >= 15 is 0 Å². The first kappa shape index (κ1) is 11.5. The number of esters is 1. The smallest absolute Gasteiger partial charge is 0.309 e. The molecule has 0 amide bonds. The summed E-state index contributed by atoms with van der Waals surface area (Å²) in [7, 11) is 1.47. The van der Waals surface area contributed by atoms with Gasteiger partial charge in [-0.2, -0.15) is 0 Å². The van der Waals surface area contributed by atoms with Crippen LogP contribution in [0.5, 0.6) is 0 Å². The zero-order chi connectivity index (χ0) is 10.9. The molecule has 0 aromatic carbocycles. The monoisotopic (exact) mass is 199 g/mol. The van der Waals surface area contributed by atoms with Gasteiger partial charge in [-0.3, -0.25) is 4.79 Å². The van der Waals surface area contributed by atoms with E-state index in [1.54, 1.807) is 0 Å². The van der Waals surface area contributed by atoms with Crippen LogP contribution in [0.3, 0.4) is 0 Å². The average Bonchev–Trinajstić information content (AvgIpc) is 2.15. The molecular formula is C11H21NO2. The molecule has 0 saturated carbocycles. The van der Waals surface area contributed by atoms with Crippen molar-refractivity contribution in [3.63, 3.8) is 0 Å². The summed E-state index contributed by atoms with van der Waals surface area (Å²) in [5.41, 5.74) is 0. The number of hydrogen-bond acceptors (Lipinski definition) is 3. The zero-order valence-corrected chi connectivity index (χ0v) is 9.70. The molecule has 0 aromatic heterocycles. The van der Waals surface area contributed by atoms with E-state index in [-0.39, 0.29) is 11.9 Å². The lowest BCUT2D eigenvalue weighted by atomic mass is 9.73. The molecule has 3 heteroatoms. The maximum atomic E-state index is 11.6. The number of rotatable bonds is 1. The Kier molecular flexibility index (Phi) is 3.53. The number of carbonyl (C=O) groups is 1. The number of methoxy groups -OCH3 is 1. The normalized spacial score (nSPS) is 43.4. The van der Waals surface area contributed by atoms with Crippen LogP contribution in [0, 0.1) is 17.8 Å². The topological polar surface area (TPSA) is 38.3 Å². The quantitative estimate of drug-likeness (QED) is 0.649. The predicted octanol–water partition coefficient (Wildman–Crippen LogP) is 1.43. The number of carbonyl (C=O) groups excluding carboxylic acids is 1. The first-order valence-corrected chi connectivity index (χ1v) is 5.33. The summed E-state index contributed by atoms with van der Waals surface area (Å²) in [4.78, 5) is 11.6. The minimum absolute atomic E-state index is 0.0336. The first-order valence-electron chi connectivity index (χ1n) is 5.33.